The highest BCUT2D eigenvalue weighted by Crippen LogP contribution is 2.16. The van der Waals surface area contributed by atoms with Crippen molar-refractivity contribution >= 4 is 22.8 Å². The number of urea groups is 1. The number of aromatic nitrogens is 1. The van der Waals surface area contributed by atoms with Crippen molar-refractivity contribution in [3.63, 3.8) is 0 Å². The molecule has 6 heteroatoms. The minimum absolute atomic E-state index is 0.0284. The summed E-state index contributed by atoms with van der Waals surface area (Å²) in [6, 6.07) is 9.43. The van der Waals surface area contributed by atoms with Gasteiger partial charge in [-0.25, -0.2) is 4.79 Å². The second-order valence-electron chi connectivity index (χ2n) is 7.09. The lowest BCUT2D eigenvalue weighted by Gasteiger charge is -2.39. The van der Waals surface area contributed by atoms with Crippen molar-refractivity contribution in [3.8, 4) is 0 Å². The summed E-state index contributed by atoms with van der Waals surface area (Å²) in [7, 11) is 0. The summed E-state index contributed by atoms with van der Waals surface area (Å²) in [5.41, 5.74) is 2.00. The van der Waals surface area contributed by atoms with Crippen molar-refractivity contribution in [2.75, 3.05) is 19.6 Å². The number of nitrogens with one attached hydrogen (secondary N) is 2. The first-order valence-corrected chi connectivity index (χ1v) is 8.85. The number of aromatic amines is 1. The average Bonchev–Trinajstić information content (AvgIpc) is 2.99. The summed E-state index contributed by atoms with van der Waals surface area (Å²) in [6.07, 6.45) is 0. The third kappa shape index (κ3) is 3.78. The van der Waals surface area contributed by atoms with E-state index in [0.717, 1.165) is 23.1 Å². The average molecular weight is 342 g/mol. The molecule has 0 bridgehead atoms. The van der Waals surface area contributed by atoms with Gasteiger partial charge in [-0.3, -0.25) is 4.79 Å². The van der Waals surface area contributed by atoms with Crippen molar-refractivity contribution in [2.24, 2.45) is 5.92 Å². The molecule has 2 heterocycles. The van der Waals surface area contributed by atoms with Gasteiger partial charge in [-0.1, -0.05) is 32.0 Å². The van der Waals surface area contributed by atoms with Gasteiger partial charge in [-0.2, -0.15) is 0 Å². The zero-order valence-corrected chi connectivity index (χ0v) is 15.1. The third-order valence-corrected chi connectivity index (χ3v) is 4.61. The maximum Gasteiger partial charge on any atom is 0.318 e. The monoisotopic (exact) mass is 342 g/mol. The lowest BCUT2D eigenvalue weighted by atomic mass is 10.1. The second kappa shape index (κ2) is 7.17. The third-order valence-electron chi connectivity index (χ3n) is 4.61. The number of piperazine rings is 1. The number of fused-ring (bicyclic) bond motifs is 1. The highest BCUT2D eigenvalue weighted by Gasteiger charge is 2.34. The van der Waals surface area contributed by atoms with E-state index in [1.807, 2.05) is 35.2 Å². The summed E-state index contributed by atoms with van der Waals surface area (Å²) < 4.78 is 0. The van der Waals surface area contributed by atoms with Crippen LogP contribution in [0.3, 0.4) is 0 Å². The molecule has 0 radical (unpaired) electrons. The van der Waals surface area contributed by atoms with Gasteiger partial charge in [-0.05, 0) is 30.4 Å². The van der Waals surface area contributed by atoms with Crippen molar-refractivity contribution in [3.05, 3.63) is 36.0 Å². The van der Waals surface area contributed by atoms with E-state index >= 15 is 0 Å². The van der Waals surface area contributed by atoms with Crippen LogP contribution in [0.15, 0.2) is 30.3 Å². The van der Waals surface area contributed by atoms with Crippen LogP contribution in [0, 0.1) is 5.92 Å². The molecule has 25 heavy (non-hydrogen) atoms. The van der Waals surface area contributed by atoms with Crippen LogP contribution >= 0.6 is 0 Å². The highest BCUT2D eigenvalue weighted by molar-refractivity contribution is 5.88. The van der Waals surface area contributed by atoms with E-state index in [2.05, 4.69) is 24.1 Å². The Hall–Kier alpha value is -2.50. The lowest BCUT2D eigenvalue weighted by Crippen LogP contribution is -2.59. The smallest absolute Gasteiger partial charge is 0.318 e. The molecule has 0 saturated carbocycles. The molecule has 2 N–H and O–H groups in total. The molecular formula is C19H26N4O2. The fraction of sp³-hybridized carbons (Fsp3) is 0.474. The van der Waals surface area contributed by atoms with E-state index < -0.39 is 6.04 Å². The number of amides is 3. The normalized spacial score (nSPS) is 18.2. The molecule has 3 rings (SSSR count). The van der Waals surface area contributed by atoms with Gasteiger partial charge >= 0.3 is 6.03 Å². The summed E-state index contributed by atoms with van der Waals surface area (Å²) >= 11 is 0. The molecule has 2 aromatic rings. The maximum atomic E-state index is 12.5. The fourth-order valence-electron chi connectivity index (χ4n) is 3.33. The van der Waals surface area contributed by atoms with E-state index in [1.165, 1.54) is 0 Å². The van der Waals surface area contributed by atoms with Crippen LogP contribution in [-0.2, 0) is 11.3 Å². The Labute approximate surface area is 148 Å². The SMILES string of the molecule is CC(C)CN1CCN(C(=O)NCc2cc3ccccc3[nH]2)C(C)C1=O. The predicted octanol–water partition coefficient (Wildman–Crippen LogP) is 2.57. The first-order valence-electron chi connectivity index (χ1n) is 8.85. The molecule has 0 spiro atoms. The van der Waals surface area contributed by atoms with Crippen LogP contribution in [-0.4, -0.2) is 52.4 Å². The van der Waals surface area contributed by atoms with Crippen LogP contribution in [0.4, 0.5) is 4.79 Å². The molecular weight excluding hydrogens is 316 g/mol. The fourth-order valence-corrected chi connectivity index (χ4v) is 3.33. The number of hydrogen-bond donors (Lipinski definition) is 2. The van der Waals surface area contributed by atoms with E-state index in [4.69, 9.17) is 0 Å². The number of H-pyrrole nitrogens is 1. The van der Waals surface area contributed by atoms with Gasteiger partial charge in [-0.15, -0.1) is 0 Å². The van der Waals surface area contributed by atoms with Crippen LogP contribution in [0.1, 0.15) is 26.5 Å². The Morgan fingerprint density at radius 1 is 1.32 bits per heavy atom. The molecule has 1 aromatic heterocycles. The molecule has 1 aliphatic rings. The zero-order valence-electron chi connectivity index (χ0n) is 15.1. The summed E-state index contributed by atoms with van der Waals surface area (Å²) in [5, 5.41) is 4.04. The Balaban J connectivity index is 1.58. The predicted molar refractivity (Wildman–Crippen MR) is 98.1 cm³/mol. The maximum absolute atomic E-state index is 12.5. The molecule has 0 aliphatic carbocycles. The van der Waals surface area contributed by atoms with Gasteiger partial charge in [0.2, 0.25) is 5.91 Å². The number of rotatable bonds is 4. The molecule has 1 aromatic carbocycles. The number of hydrogen-bond acceptors (Lipinski definition) is 2. The first-order chi connectivity index (χ1) is 12.0. The van der Waals surface area contributed by atoms with Crippen LogP contribution < -0.4 is 5.32 Å². The van der Waals surface area contributed by atoms with Crippen molar-refractivity contribution in [1.29, 1.82) is 0 Å². The molecule has 6 nitrogen and oxygen atoms in total. The molecule has 1 aliphatic heterocycles. The van der Waals surface area contributed by atoms with Crippen LogP contribution in [0.2, 0.25) is 0 Å². The minimum Gasteiger partial charge on any atom is -0.357 e. The Morgan fingerprint density at radius 3 is 2.80 bits per heavy atom. The quantitative estimate of drug-likeness (QED) is 0.897. The highest BCUT2D eigenvalue weighted by atomic mass is 16.2. The van der Waals surface area contributed by atoms with Crippen molar-refractivity contribution < 1.29 is 9.59 Å². The second-order valence-corrected chi connectivity index (χ2v) is 7.09. The van der Waals surface area contributed by atoms with Gasteiger partial charge in [0.1, 0.15) is 6.04 Å². The lowest BCUT2D eigenvalue weighted by molar-refractivity contribution is -0.139. The molecule has 1 fully saturated rings. The summed E-state index contributed by atoms with van der Waals surface area (Å²) in [6.45, 7) is 8.32. The zero-order chi connectivity index (χ0) is 18.0. The van der Waals surface area contributed by atoms with Crippen molar-refractivity contribution in [2.45, 2.75) is 33.4 Å². The number of carbonyl (C=O) groups excluding carboxylic acids is 2. The van der Waals surface area contributed by atoms with Gasteiger partial charge in [0.15, 0.2) is 0 Å². The summed E-state index contributed by atoms with van der Waals surface area (Å²) in [4.78, 5) is 31.7. The van der Waals surface area contributed by atoms with Gasteiger partial charge in [0.25, 0.3) is 0 Å². The number of nitrogens with zero attached hydrogens (tertiary/aromatic N) is 2. The van der Waals surface area contributed by atoms with Gasteiger partial charge in [0.05, 0.1) is 6.54 Å². The molecule has 3 amide bonds. The largest absolute Gasteiger partial charge is 0.357 e. The molecule has 134 valence electrons. The molecule has 1 unspecified atom stereocenters. The first kappa shape index (κ1) is 17.3. The Bertz CT molecular complexity index is 735. The van der Waals surface area contributed by atoms with E-state index in [1.54, 1.807) is 11.8 Å². The van der Waals surface area contributed by atoms with Crippen LogP contribution in [0.5, 0.6) is 0 Å². The number of carbonyl (C=O) groups is 2. The van der Waals surface area contributed by atoms with E-state index in [9.17, 15) is 9.59 Å². The van der Waals surface area contributed by atoms with E-state index in [-0.39, 0.29) is 11.9 Å². The minimum atomic E-state index is -0.421. The number of para-hydroxylation sites is 1. The molecule has 1 saturated heterocycles. The Morgan fingerprint density at radius 2 is 2.08 bits per heavy atom. The Kier molecular flexibility index (Phi) is 4.97. The standard InChI is InChI=1S/C19H26N4O2/c1-13(2)12-22-8-9-23(14(3)18(22)24)19(25)20-11-16-10-15-6-4-5-7-17(15)21-16/h4-7,10,13-14,21H,8-9,11-12H2,1-3H3,(H,20,25). The van der Waals surface area contributed by atoms with Crippen molar-refractivity contribution in [1.82, 2.24) is 20.1 Å². The van der Waals surface area contributed by atoms with Gasteiger partial charge < -0.3 is 20.1 Å². The summed E-state index contributed by atoms with van der Waals surface area (Å²) in [5.74, 6) is 0.458. The van der Waals surface area contributed by atoms with Gasteiger partial charge in [0, 0.05) is 30.8 Å². The topological polar surface area (TPSA) is 68.4 Å². The molecule has 1 atom stereocenters. The van der Waals surface area contributed by atoms with E-state index in [0.29, 0.717) is 25.6 Å². The number of benzene rings is 1. The van der Waals surface area contributed by atoms with Crippen LogP contribution in [0.25, 0.3) is 10.9 Å².